The van der Waals surface area contributed by atoms with E-state index in [0.717, 1.165) is 50.4 Å². The summed E-state index contributed by atoms with van der Waals surface area (Å²) in [5.41, 5.74) is 0.833. The highest BCUT2D eigenvalue weighted by Crippen LogP contribution is 2.18. The van der Waals surface area contributed by atoms with E-state index in [1.807, 2.05) is 24.3 Å². The molecule has 1 aromatic carbocycles. The Labute approximate surface area is 114 Å². The monoisotopic (exact) mass is 262 g/mol. The van der Waals surface area contributed by atoms with Crippen LogP contribution in [0.25, 0.3) is 0 Å². The van der Waals surface area contributed by atoms with Crippen LogP contribution in [0.4, 0.5) is 5.69 Å². The summed E-state index contributed by atoms with van der Waals surface area (Å²) >= 11 is 0. The highest BCUT2D eigenvalue weighted by atomic mass is 16.5. The van der Waals surface area contributed by atoms with Gasteiger partial charge in [-0.15, -0.1) is 0 Å². The zero-order chi connectivity index (χ0) is 13.5. The second-order valence-corrected chi connectivity index (χ2v) is 4.91. The van der Waals surface area contributed by atoms with Crippen molar-refractivity contribution in [3.8, 4) is 5.75 Å². The minimum absolute atomic E-state index is 0.0877. The third-order valence-electron chi connectivity index (χ3n) is 3.26. The number of rotatable bonds is 5. The van der Waals surface area contributed by atoms with Crippen molar-refractivity contribution >= 4 is 11.6 Å². The Balaban J connectivity index is 1.86. The van der Waals surface area contributed by atoms with E-state index in [1.54, 1.807) is 0 Å². The number of hydrogen-bond acceptors (Lipinski definition) is 3. The summed E-state index contributed by atoms with van der Waals surface area (Å²) in [7, 11) is 0. The Morgan fingerprint density at radius 2 is 2.21 bits per heavy atom. The first-order chi connectivity index (χ1) is 9.29. The Bertz CT molecular complexity index is 397. The third-order valence-corrected chi connectivity index (χ3v) is 3.26. The molecule has 2 rings (SSSR count). The van der Waals surface area contributed by atoms with Gasteiger partial charge in [0.2, 0.25) is 5.91 Å². The van der Waals surface area contributed by atoms with Gasteiger partial charge < -0.3 is 15.4 Å². The second kappa shape index (κ2) is 7.14. The van der Waals surface area contributed by atoms with Crippen molar-refractivity contribution in [3.05, 3.63) is 24.3 Å². The summed E-state index contributed by atoms with van der Waals surface area (Å²) in [6.07, 6.45) is 3.03. The maximum atomic E-state index is 12.0. The molecule has 2 N–H and O–H groups in total. The predicted molar refractivity (Wildman–Crippen MR) is 76.5 cm³/mol. The lowest BCUT2D eigenvalue weighted by atomic mass is 9.99. The molecule has 1 amide bonds. The van der Waals surface area contributed by atoms with E-state index in [0.29, 0.717) is 0 Å². The smallest absolute Gasteiger partial charge is 0.228 e. The number of ether oxygens (including phenoxy) is 1. The summed E-state index contributed by atoms with van der Waals surface area (Å²) < 4.78 is 5.51. The van der Waals surface area contributed by atoms with Crippen molar-refractivity contribution in [2.75, 3.05) is 25.0 Å². The summed E-state index contributed by atoms with van der Waals surface area (Å²) in [5.74, 6) is 1.04. The van der Waals surface area contributed by atoms with Gasteiger partial charge in [-0.3, -0.25) is 4.79 Å². The van der Waals surface area contributed by atoms with E-state index < -0.39 is 0 Å². The number of benzene rings is 1. The van der Waals surface area contributed by atoms with Crippen LogP contribution in [0.3, 0.4) is 0 Å². The predicted octanol–water partition coefficient (Wildman–Crippen LogP) is 2.41. The van der Waals surface area contributed by atoms with Crippen LogP contribution >= 0.6 is 0 Å². The van der Waals surface area contributed by atoms with Crippen LogP contribution in [0.2, 0.25) is 0 Å². The highest BCUT2D eigenvalue weighted by Gasteiger charge is 2.20. The molecule has 1 heterocycles. The molecule has 0 aromatic heterocycles. The molecular weight excluding hydrogens is 240 g/mol. The third kappa shape index (κ3) is 4.24. The summed E-state index contributed by atoms with van der Waals surface area (Å²) in [4.78, 5) is 12.0. The minimum atomic E-state index is 0.0877. The van der Waals surface area contributed by atoms with Crippen molar-refractivity contribution in [3.63, 3.8) is 0 Å². The fourth-order valence-electron chi connectivity index (χ4n) is 2.17. The van der Waals surface area contributed by atoms with Gasteiger partial charge in [-0.2, -0.15) is 0 Å². The first-order valence-electron chi connectivity index (χ1n) is 7.04. The van der Waals surface area contributed by atoms with E-state index >= 15 is 0 Å². The van der Waals surface area contributed by atoms with Crippen LogP contribution in [-0.4, -0.2) is 25.6 Å². The largest absolute Gasteiger partial charge is 0.494 e. The highest BCUT2D eigenvalue weighted by molar-refractivity contribution is 5.92. The van der Waals surface area contributed by atoms with Gasteiger partial charge in [0.1, 0.15) is 5.75 Å². The SMILES string of the molecule is CCCOc1ccc(NC(=O)[C@H]2CCCNC2)cc1. The molecule has 1 atom stereocenters. The molecule has 0 spiro atoms. The van der Waals surface area contributed by atoms with Crippen LogP contribution in [0.5, 0.6) is 5.75 Å². The van der Waals surface area contributed by atoms with E-state index in [1.165, 1.54) is 0 Å². The first kappa shape index (κ1) is 13.9. The van der Waals surface area contributed by atoms with Crippen LogP contribution in [0, 0.1) is 5.92 Å². The fraction of sp³-hybridized carbons (Fsp3) is 0.533. The molecule has 1 fully saturated rings. The topological polar surface area (TPSA) is 50.4 Å². The summed E-state index contributed by atoms with van der Waals surface area (Å²) in [6.45, 7) is 4.60. The molecule has 1 aromatic rings. The van der Waals surface area contributed by atoms with Gasteiger partial charge >= 0.3 is 0 Å². The Morgan fingerprint density at radius 3 is 2.84 bits per heavy atom. The lowest BCUT2D eigenvalue weighted by Crippen LogP contribution is -2.37. The van der Waals surface area contributed by atoms with Gasteiger partial charge in [-0.1, -0.05) is 6.92 Å². The zero-order valence-corrected chi connectivity index (χ0v) is 11.4. The normalized spacial score (nSPS) is 18.9. The second-order valence-electron chi connectivity index (χ2n) is 4.91. The van der Waals surface area contributed by atoms with Crippen LogP contribution in [-0.2, 0) is 4.79 Å². The summed E-state index contributed by atoms with van der Waals surface area (Å²) in [5, 5.41) is 6.21. The number of piperidine rings is 1. The van der Waals surface area contributed by atoms with Crippen LogP contribution in [0.15, 0.2) is 24.3 Å². The molecule has 0 bridgehead atoms. The van der Waals surface area contributed by atoms with Crippen molar-refractivity contribution in [1.29, 1.82) is 0 Å². The molecule has 0 radical (unpaired) electrons. The van der Waals surface area contributed by atoms with Gasteiger partial charge in [0.25, 0.3) is 0 Å². The van der Waals surface area contributed by atoms with Gasteiger partial charge in [-0.05, 0) is 50.1 Å². The van der Waals surface area contributed by atoms with Gasteiger partial charge in [0, 0.05) is 12.2 Å². The molecule has 0 saturated carbocycles. The molecule has 1 saturated heterocycles. The van der Waals surface area contributed by atoms with Crippen molar-refractivity contribution in [2.24, 2.45) is 5.92 Å². The van der Waals surface area contributed by atoms with Gasteiger partial charge in [0.15, 0.2) is 0 Å². The van der Waals surface area contributed by atoms with E-state index in [2.05, 4.69) is 17.6 Å². The Morgan fingerprint density at radius 1 is 1.42 bits per heavy atom. The van der Waals surface area contributed by atoms with Crippen molar-refractivity contribution in [2.45, 2.75) is 26.2 Å². The van der Waals surface area contributed by atoms with Crippen molar-refractivity contribution in [1.82, 2.24) is 5.32 Å². The molecule has 0 unspecified atom stereocenters. The maximum absolute atomic E-state index is 12.0. The van der Waals surface area contributed by atoms with E-state index in [4.69, 9.17) is 4.74 Å². The molecule has 0 aliphatic carbocycles. The first-order valence-corrected chi connectivity index (χ1v) is 7.04. The Kier molecular flexibility index (Phi) is 5.21. The minimum Gasteiger partial charge on any atom is -0.494 e. The Hall–Kier alpha value is -1.55. The lowest BCUT2D eigenvalue weighted by molar-refractivity contribution is -0.120. The molecule has 104 valence electrons. The quantitative estimate of drug-likeness (QED) is 0.856. The molecule has 1 aliphatic heterocycles. The van der Waals surface area contributed by atoms with E-state index in [-0.39, 0.29) is 11.8 Å². The number of hydrogen-bond donors (Lipinski definition) is 2. The zero-order valence-electron chi connectivity index (χ0n) is 11.4. The standard InChI is InChI=1S/C15H22N2O2/c1-2-10-19-14-7-5-13(6-8-14)17-15(18)12-4-3-9-16-11-12/h5-8,12,16H,2-4,9-11H2,1H3,(H,17,18)/t12-/m0/s1. The molecule has 4 nitrogen and oxygen atoms in total. The van der Waals surface area contributed by atoms with Crippen LogP contribution < -0.4 is 15.4 Å². The molecular formula is C15H22N2O2. The number of anilines is 1. The maximum Gasteiger partial charge on any atom is 0.228 e. The van der Waals surface area contributed by atoms with Gasteiger partial charge in [0.05, 0.1) is 12.5 Å². The lowest BCUT2D eigenvalue weighted by Gasteiger charge is -2.21. The van der Waals surface area contributed by atoms with Crippen LogP contribution in [0.1, 0.15) is 26.2 Å². The summed E-state index contributed by atoms with van der Waals surface area (Å²) in [6, 6.07) is 7.56. The molecule has 1 aliphatic rings. The number of amides is 1. The average Bonchev–Trinajstić information content (AvgIpc) is 2.47. The number of nitrogens with one attached hydrogen (secondary N) is 2. The number of carbonyl (C=O) groups excluding carboxylic acids is 1. The number of carbonyl (C=O) groups is 1. The molecule has 4 heteroatoms. The van der Waals surface area contributed by atoms with Crippen molar-refractivity contribution < 1.29 is 9.53 Å². The molecule has 19 heavy (non-hydrogen) atoms. The van der Waals surface area contributed by atoms with E-state index in [9.17, 15) is 4.79 Å². The fourth-order valence-corrected chi connectivity index (χ4v) is 2.17. The van der Waals surface area contributed by atoms with Gasteiger partial charge in [-0.25, -0.2) is 0 Å². The average molecular weight is 262 g/mol.